The van der Waals surface area contributed by atoms with E-state index in [0.29, 0.717) is 15.1 Å². The molecule has 1 aromatic heterocycles. The van der Waals surface area contributed by atoms with E-state index < -0.39 is 5.82 Å². The molecule has 1 heterocycles. The zero-order chi connectivity index (χ0) is 12.4. The fourth-order valence-electron chi connectivity index (χ4n) is 1.49. The van der Waals surface area contributed by atoms with Gasteiger partial charge in [0, 0.05) is 16.8 Å². The maximum atomic E-state index is 13.6. The minimum Gasteiger partial charge on any atom is -0.310 e. The number of aromatic nitrogens is 1. The fraction of sp³-hybridized carbons (Fsp3) is 0.0833. The number of halogens is 3. The van der Waals surface area contributed by atoms with Gasteiger partial charge in [-0.1, -0.05) is 17.7 Å². The molecule has 0 N–H and O–H groups in total. The van der Waals surface area contributed by atoms with Crippen LogP contribution in [0.3, 0.4) is 0 Å². The number of hydrogen-bond donors (Lipinski definition) is 0. The lowest BCUT2D eigenvalue weighted by atomic mass is 10.2. The summed E-state index contributed by atoms with van der Waals surface area (Å²) in [4.78, 5) is 11.7. The van der Waals surface area contributed by atoms with Crippen molar-refractivity contribution >= 4 is 27.5 Å². The fourth-order valence-corrected chi connectivity index (χ4v) is 2.09. The first kappa shape index (κ1) is 12.3. The molecule has 0 fully saturated rings. The van der Waals surface area contributed by atoms with Gasteiger partial charge < -0.3 is 4.57 Å². The molecular formula is C12H8BrClFNO. The molecule has 0 atom stereocenters. The molecule has 0 spiro atoms. The lowest BCUT2D eigenvalue weighted by Gasteiger charge is -2.08. The maximum Gasteiger partial charge on any atom is 0.265 e. The molecule has 5 heteroatoms. The van der Waals surface area contributed by atoms with Crippen LogP contribution in [0.25, 0.3) is 0 Å². The van der Waals surface area contributed by atoms with Gasteiger partial charge in [0.1, 0.15) is 5.82 Å². The average molecular weight is 317 g/mol. The topological polar surface area (TPSA) is 22.0 Å². The van der Waals surface area contributed by atoms with Crippen LogP contribution >= 0.6 is 27.5 Å². The van der Waals surface area contributed by atoms with Crippen LogP contribution in [0.15, 0.2) is 45.8 Å². The van der Waals surface area contributed by atoms with E-state index in [0.717, 1.165) is 0 Å². The number of nitrogens with zero attached hydrogens (tertiary/aromatic N) is 1. The smallest absolute Gasteiger partial charge is 0.265 e. The molecule has 1 aromatic carbocycles. The van der Waals surface area contributed by atoms with Crippen molar-refractivity contribution in [2.75, 3.05) is 0 Å². The number of benzene rings is 1. The summed E-state index contributed by atoms with van der Waals surface area (Å²) in [5.74, 6) is -0.413. The third-order valence-electron chi connectivity index (χ3n) is 2.36. The molecule has 0 unspecified atom stereocenters. The molecule has 2 nitrogen and oxygen atoms in total. The second-order valence-electron chi connectivity index (χ2n) is 3.49. The van der Waals surface area contributed by atoms with Gasteiger partial charge in [0.15, 0.2) is 0 Å². The second kappa shape index (κ2) is 5.02. The zero-order valence-electron chi connectivity index (χ0n) is 8.66. The molecule has 0 saturated carbocycles. The van der Waals surface area contributed by atoms with E-state index in [1.807, 2.05) is 0 Å². The molecule has 0 amide bonds. The molecule has 0 bridgehead atoms. The molecule has 2 rings (SSSR count). The summed E-state index contributed by atoms with van der Waals surface area (Å²) in [6.45, 7) is 0.115. The van der Waals surface area contributed by atoms with Gasteiger partial charge in [-0.25, -0.2) is 4.39 Å². The molecule has 2 aromatic rings. The summed E-state index contributed by atoms with van der Waals surface area (Å²) >= 11 is 9.04. The van der Waals surface area contributed by atoms with Gasteiger partial charge in [-0.3, -0.25) is 4.79 Å². The van der Waals surface area contributed by atoms with E-state index >= 15 is 0 Å². The largest absolute Gasteiger partial charge is 0.310 e. The van der Waals surface area contributed by atoms with Gasteiger partial charge in [0.25, 0.3) is 5.56 Å². The summed E-state index contributed by atoms with van der Waals surface area (Å²) in [5.41, 5.74) is 0.0983. The Morgan fingerprint density at radius 3 is 2.76 bits per heavy atom. The van der Waals surface area contributed by atoms with Crippen LogP contribution in [0.1, 0.15) is 5.56 Å². The highest BCUT2D eigenvalue weighted by Crippen LogP contribution is 2.19. The quantitative estimate of drug-likeness (QED) is 0.832. The van der Waals surface area contributed by atoms with E-state index in [2.05, 4.69) is 15.9 Å². The van der Waals surface area contributed by atoms with Gasteiger partial charge in [-0.2, -0.15) is 0 Å². The van der Waals surface area contributed by atoms with Crippen LogP contribution in [0.2, 0.25) is 5.02 Å². The zero-order valence-corrected chi connectivity index (χ0v) is 11.0. The van der Waals surface area contributed by atoms with Crippen molar-refractivity contribution in [3.63, 3.8) is 0 Å². The molecule has 17 heavy (non-hydrogen) atoms. The molecule has 0 aliphatic carbocycles. The molecular weight excluding hydrogens is 308 g/mol. The second-order valence-corrected chi connectivity index (χ2v) is 4.75. The van der Waals surface area contributed by atoms with Gasteiger partial charge in [-0.15, -0.1) is 0 Å². The minimum absolute atomic E-state index is 0.115. The van der Waals surface area contributed by atoms with E-state index in [1.54, 1.807) is 24.4 Å². The monoisotopic (exact) mass is 315 g/mol. The predicted octanol–water partition coefficient (Wildman–Crippen LogP) is 3.45. The molecule has 0 radical (unpaired) electrons. The van der Waals surface area contributed by atoms with E-state index in [4.69, 9.17) is 11.6 Å². The van der Waals surface area contributed by atoms with Crippen LogP contribution in [-0.4, -0.2) is 4.57 Å². The Hall–Kier alpha value is -1.13. The van der Waals surface area contributed by atoms with Crippen LogP contribution < -0.4 is 5.56 Å². The Morgan fingerprint density at radius 1 is 1.29 bits per heavy atom. The highest BCUT2D eigenvalue weighted by atomic mass is 79.9. The van der Waals surface area contributed by atoms with Crippen molar-refractivity contribution in [3.8, 4) is 0 Å². The minimum atomic E-state index is -0.413. The summed E-state index contributed by atoms with van der Waals surface area (Å²) in [6.07, 6.45) is 1.59. The summed E-state index contributed by atoms with van der Waals surface area (Å²) in [6, 6.07) is 7.81. The Kier molecular flexibility index (Phi) is 3.64. The van der Waals surface area contributed by atoms with Crippen LogP contribution in [-0.2, 0) is 6.54 Å². The normalized spacial score (nSPS) is 10.5. The molecule has 0 aliphatic heterocycles. The van der Waals surface area contributed by atoms with Gasteiger partial charge in [0.05, 0.1) is 11.0 Å². The highest BCUT2D eigenvalue weighted by Gasteiger charge is 2.09. The van der Waals surface area contributed by atoms with Gasteiger partial charge >= 0.3 is 0 Å². The van der Waals surface area contributed by atoms with Crippen LogP contribution in [0.4, 0.5) is 4.39 Å². The number of rotatable bonds is 2. The van der Waals surface area contributed by atoms with Crippen LogP contribution in [0, 0.1) is 5.82 Å². The molecule has 0 saturated heterocycles. The van der Waals surface area contributed by atoms with Crippen molar-refractivity contribution < 1.29 is 4.39 Å². The molecule has 88 valence electrons. The Labute approximate surface area is 111 Å². The van der Waals surface area contributed by atoms with E-state index in [-0.39, 0.29) is 12.1 Å². The third-order valence-corrected chi connectivity index (χ3v) is 3.32. The average Bonchev–Trinajstić information content (AvgIpc) is 2.29. The van der Waals surface area contributed by atoms with Crippen molar-refractivity contribution in [3.05, 3.63) is 67.8 Å². The molecule has 0 aliphatic rings. The highest BCUT2D eigenvalue weighted by molar-refractivity contribution is 9.10. The Morgan fingerprint density at radius 2 is 2.06 bits per heavy atom. The SMILES string of the molecule is O=c1c(Br)cccn1Cc1c(F)cccc1Cl. The standard InChI is InChI=1S/C12H8BrClFNO/c13-9-3-2-6-16(12(9)17)7-8-10(14)4-1-5-11(8)15/h1-6H,7H2. The van der Waals surface area contributed by atoms with Crippen molar-refractivity contribution in [2.45, 2.75) is 6.54 Å². The van der Waals surface area contributed by atoms with Crippen molar-refractivity contribution in [1.29, 1.82) is 0 Å². The number of hydrogen-bond acceptors (Lipinski definition) is 1. The van der Waals surface area contributed by atoms with Crippen molar-refractivity contribution in [1.82, 2.24) is 4.57 Å². The Balaban J connectivity index is 2.45. The van der Waals surface area contributed by atoms with Crippen molar-refractivity contribution in [2.24, 2.45) is 0 Å². The summed E-state index contributed by atoms with van der Waals surface area (Å²) < 4.78 is 15.4. The maximum absolute atomic E-state index is 13.6. The van der Waals surface area contributed by atoms with Gasteiger partial charge in [-0.05, 0) is 40.2 Å². The first-order valence-electron chi connectivity index (χ1n) is 4.87. The van der Waals surface area contributed by atoms with E-state index in [9.17, 15) is 9.18 Å². The predicted molar refractivity (Wildman–Crippen MR) is 68.9 cm³/mol. The summed E-state index contributed by atoms with van der Waals surface area (Å²) in [7, 11) is 0. The first-order valence-corrected chi connectivity index (χ1v) is 6.04. The lowest BCUT2D eigenvalue weighted by molar-refractivity contribution is 0.596. The number of pyridine rings is 1. The van der Waals surface area contributed by atoms with Gasteiger partial charge in [0.2, 0.25) is 0 Å². The van der Waals surface area contributed by atoms with E-state index in [1.165, 1.54) is 16.7 Å². The third kappa shape index (κ3) is 2.58. The lowest BCUT2D eigenvalue weighted by Crippen LogP contribution is -2.20. The van der Waals surface area contributed by atoms with Crippen LogP contribution in [0.5, 0.6) is 0 Å². The first-order chi connectivity index (χ1) is 8.09. The summed E-state index contributed by atoms with van der Waals surface area (Å²) in [5, 5.41) is 0.317. The Bertz CT molecular complexity index is 591.